The molecule has 0 heterocycles. The van der Waals surface area contributed by atoms with Crippen molar-refractivity contribution in [3.63, 3.8) is 0 Å². The van der Waals surface area contributed by atoms with Crippen LogP contribution in [0.4, 0.5) is 22.0 Å². The lowest BCUT2D eigenvalue weighted by molar-refractivity contribution is 0.0984. The van der Waals surface area contributed by atoms with E-state index in [1.165, 1.54) is 6.08 Å². The van der Waals surface area contributed by atoms with Gasteiger partial charge in [0, 0.05) is 6.42 Å². The summed E-state index contributed by atoms with van der Waals surface area (Å²) in [6, 6.07) is 0. The van der Waals surface area contributed by atoms with Crippen LogP contribution in [0, 0.1) is 29.1 Å². The molecule has 0 N–H and O–H groups in total. The van der Waals surface area contributed by atoms with Crippen molar-refractivity contribution in [1.82, 2.24) is 0 Å². The maximum atomic E-state index is 13.2. The maximum Gasteiger partial charge on any atom is 0.200 e. The Morgan fingerprint density at radius 1 is 0.889 bits per heavy atom. The van der Waals surface area contributed by atoms with Crippen molar-refractivity contribution in [2.75, 3.05) is 0 Å². The van der Waals surface area contributed by atoms with Gasteiger partial charge in [0.1, 0.15) is 0 Å². The summed E-state index contributed by atoms with van der Waals surface area (Å²) in [5.41, 5.74) is -0.712. The second-order valence-electron chi connectivity index (χ2n) is 3.85. The minimum absolute atomic E-state index is 0.430. The molecule has 0 aromatic heterocycles. The topological polar surface area (TPSA) is 17.1 Å². The zero-order chi connectivity index (χ0) is 14.0. The van der Waals surface area contributed by atoms with E-state index in [1.807, 2.05) is 0 Å². The quantitative estimate of drug-likeness (QED) is 0.266. The molecule has 18 heavy (non-hydrogen) atoms. The largest absolute Gasteiger partial charge is 0.294 e. The molecule has 0 unspecified atom stereocenters. The average Bonchev–Trinajstić information content (AvgIpc) is 2.31. The van der Waals surface area contributed by atoms with Gasteiger partial charge in [-0.2, -0.15) is 0 Å². The van der Waals surface area contributed by atoms with E-state index in [2.05, 4.69) is 0 Å². The van der Waals surface area contributed by atoms with Crippen molar-refractivity contribution >= 4 is 5.78 Å². The molecule has 0 atom stereocenters. The first-order valence-electron chi connectivity index (χ1n) is 4.95. The maximum absolute atomic E-state index is 13.2. The number of carbonyl (C=O) groups is 1. The van der Waals surface area contributed by atoms with E-state index >= 15 is 0 Å². The molecule has 98 valence electrons. The summed E-state index contributed by atoms with van der Waals surface area (Å²) >= 11 is 0. The fourth-order valence-electron chi connectivity index (χ4n) is 1.25. The van der Waals surface area contributed by atoms with Crippen LogP contribution in [0.15, 0.2) is 11.6 Å². The lowest BCUT2D eigenvalue weighted by atomic mass is 10.0. The Bertz CT molecular complexity index is 501. The van der Waals surface area contributed by atoms with Crippen LogP contribution >= 0.6 is 0 Å². The van der Waals surface area contributed by atoms with Gasteiger partial charge in [-0.05, 0) is 13.8 Å². The van der Waals surface area contributed by atoms with Crippen molar-refractivity contribution in [2.24, 2.45) is 0 Å². The molecule has 1 aromatic carbocycles. The highest BCUT2D eigenvalue weighted by atomic mass is 19.2. The Morgan fingerprint density at radius 3 is 1.67 bits per heavy atom. The summed E-state index contributed by atoms with van der Waals surface area (Å²) in [7, 11) is 0. The molecular formula is C12H9F5O. The van der Waals surface area contributed by atoms with Gasteiger partial charge in [0.25, 0.3) is 0 Å². The first kappa shape index (κ1) is 14.3. The Kier molecular flexibility index (Phi) is 4.21. The van der Waals surface area contributed by atoms with Crippen molar-refractivity contribution in [1.29, 1.82) is 0 Å². The molecule has 1 aromatic rings. The summed E-state index contributed by atoms with van der Waals surface area (Å²) in [5, 5.41) is 0. The molecule has 6 heteroatoms. The zero-order valence-corrected chi connectivity index (χ0v) is 9.58. The Morgan fingerprint density at radius 2 is 1.28 bits per heavy atom. The second-order valence-corrected chi connectivity index (χ2v) is 3.85. The molecule has 0 aliphatic heterocycles. The third-order valence-electron chi connectivity index (χ3n) is 2.18. The van der Waals surface area contributed by atoms with E-state index < -0.39 is 46.9 Å². The minimum Gasteiger partial charge on any atom is -0.294 e. The van der Waals surface area contributed by atoms with Crippen LogP contribution in [0.5, 0.6) is 0 Å². The van der Waals surface area contributed by atoms with Crippen LogP contribution in [-0.2, 0) is 0 Å². The highest BCUT2D eigenvalue weighted by Crippen LogP contribution is 2.24. The average molecular weight is 264 g/mol. The van der Waals surface area contributed by atoms with Gasteiger partial charge < -0.3 is 0 Å². The van der Waals surface area contributed by atoms with Gasteiger partial charge in [0.15, 0.2) is 29.1 Å². The summed E-state index contributed by atoms with van der Waals surface area (Å²) in [6.07, 6.45) is 0.904. The lowest BCUT2D eigenvalue weighted by Crippen LogP contribution is -2.12. The highest BCUT2D eigenvalue weighted by molar-refractivity contribution is 5.97. The molecule has 0 amide bonds. The molecule has 0 fully saturated rings. The van der Waals surface area contributed by atoms with Crippen LogP contribution in [-0.4, -0.2) is 5.78 Å². The molecule has 0 bridgehead atoms. The monoisotopic (exact) mass is 264 g/mol. The van der Waals surface area contributed by atoms with Crippen LogP contribution in [0.2, 0.25) is 0 Å². The van der Waals surface area contributed by atoms with E-state index in [-0.39, 0.29) is 0 Å². The van der Waals surface area contributed by atoms with Gasteiger partial charge in [-0.1, -0.05) is 11.6 Å². The van der Waals surface area contributed by atoms with Crippen LogP contribution in [0.3, 0.4) is 0 Å². The van der Waals surface area contributed by atoms with E-state index in [1.54, 1.807) is 13.8 Å². The fourth-order valence-corrected chi connectivity index (χ4v) is 1.25. The standard InChI is InChI=1S/C12H9F5O/c1-5(2)3-4-6(18)7-8(13)10(15)12(17)11(16)9(7)14/h3H,4H2,1-2H3. The van der Waals surface area contributed by atoms with E-state index in [0.717, 1.165) is 0 Å². The number of benzene rings is 1. The minimum atomic E-state index is -2.27. The Balaban J connectivity index is 3.33. The third kappa shape index (κ3) is 2.57. The number of ketones is 1. The Hall–Kier alpha value is -1.72. The molecule has 0 radical (unpaired) electrons. The molecule has 0 saturated carbocycles. The van der Waals surface area contributed by atoms with Gasteiger partial charge in [0.2, 0.25) is 5.82 Å². The first-order valence-corrected chi connectivity index (χ1v) is 4.95. The van der Waals surface area contributed by atoms with Crippen LogP contribution < -0.4 is 0 Å². The van der Waals surface area contributed by atoms with E-state index in [0.29, 0.717) is 5.57 Å². The zero-order valence-electron chi connectivity index (χ0n) is 9.58. The number of Topliss-reactive ketones (excluding diaryl/α,β-unsaturated/α-hetero) is 1. The molecular weight excluding hydrogens is 255 g/mol. The number of allylic oxidation sites excluding steroid dienone is 2. The van der Waals surface area contributed by atoms with Crippen LogP contribution in [0.1, 0.15) is 30.6 Å². The summed E-state index contributed by atoms with van der Waals surface area (Å²) in [5.74, 6) is -11.9. The summed E-state index contributed by atoms with van der Waals surface area (Å²) in [6.45, 7) is 3.26. The van der Waals surface area contributed by atoms with Gasteiger partial charge in [0.05, 0.1) is 5.56 Å². The van der Waals surface area contributed by atoms with Gasteiger partial charge in [-0.15, -0.1) is 0 Å². The van der Waals surface area contributed by atoms with Crippen molar-refractivity contribution in [3.8, 4) is 0 Å². The predicted molar refractivity (Wildman–Crippen MR) is 54.6 cm³/mol. The number of hydrogen-bond donors (Lipinski definition) is 0. The normalized spacial score (nSPS) is 10.4. The fraction of sp³-hybridized carbons (Fsp3) is 0.250. The number of halogens is 5. The molecule has 1 nitrogen and oxygen atoms in total. The van der Waals surface area contributed by atoms with Crippen LogP contribution in [0.25, 0.3) is 0 Å². The van der Waals surface area contributed by atoms with Gasteiger partial charge in [-0.3, -0.25) is 4.79 Å². The first-order chi connectivity index (χ1) is 8.27. The molecule has 0 saturated heterocycles. The van der Waals surface area contributed by atoms with Crippen molar-refractivity contribution in [3.05, 3.63) is 46.3 Å². The number of hydrogen-bond acceptors (Lipinski definition) is 1. The van der Waals surface area contributed by atoms with Gasteiger partial charge in [-0.25, -0.2) is 22.0 Å². The van der Waals surface area contributed by atoms with Gasteiger partial charge >= 0.3 is 0 Å². The highest BCUT2D eigenvalue weighted by Gasteiger charge is 2.28. The molecule has 1 rings (SSSR count). The third-order valence-corrected chi connectivity index (χ3v) is 2.18. The SMILES string of the molecule is CC(C)=CCC(=O)c1c(F)c(F)c(F)c(F)c1F. The van der Waals surface area contributed by atoms with E-state index in [9.17, 15) is 26.7 Å². The van der Waals surface area contributed by atoms with Crippen molar-refractivity contribution in [2.45, 2.75) is 20.3 Å². The molecule has 0 aliphatic rings. The number of rotatable bonds is 3. The number of carbonyl (C=O) groups excluding carboxylic acids is 1. The summed E-state index contributed by atoms with van der Waals surface area (Å²) in [4.78, 5) is 11.4. The summed E-state index contributed by atoms with van der Waals surface area (Å²) < 4.78 is 64.8. The Labute approximate surface area is 99.9 Å². The predicted octanol–water partition coefficient (Wildman–Crippen LogP) is 3.92. The van der Waals surface area contributed by atoms with Crippen molar-refractivity contribution < 1.29 is 26.7 Å². The second kappa shape index (κ2) is 5.29. The lowest BCUT2D eigenvalue weighted by Gasteiger charge is -2.06. The van der Waals surface area contributed by atoms with E-state index in [4.69, 9.17) is 0 Å². The molecule has 0 aliphatic carbocycles. The smallest absolute Gasteiger partial charge is 0.200 e. The molecule has 0 spiro atoms.